The third kappa shape index (κ3) is 4.68. The van der Waals surface area contributed by atoms with Gasteiger partial charge < -0.3 is 10.6 Å². The predicted molar refractivity (Wildman–Crippen MR) is 108 cm³/mol. The van der Waals surface area contributed by atoms with Gasteiger partial charge in [0, 0.05) is 11.9 Å². The average molecular weight is 382 g/mol. The Morgan fingerprint density at radius 1 is 1.11 bits per heavy atom. The zero-order valence-electron chi connectivity index (χ0n) is 15.6. The molecule has 0 fully saturated rings. The number of hydrogen-bond acceptors (Lipinski definition) is 4. The Bertz CT molecular complexity index is 974. The van der Waals surface area contributed by atoms with E-state index in [4.69, 9.17) is 0 Å². The van der Waals surface area contributed by atoms with Gasteiger partial charge in [-0.2, -0.15) is 0 Å². The number of pyridine rings is 1. The van der Waals surface area contributed by atoms with Crippen LogP contribution in [0.5, 0.6) is 0 Å². The van der Waals surface area contributed by atoms with Gasteiger partial charge in [0.25, 0.3) is 0 Å². The Hall–Kier alpha value is -2.80. The number of carbonyl (C=O) groups is 2. The van der Waals surface area contributed by atoms with Crippen LogP contribution in [0, 0.1) is 20.8 Å². The van der Waals surface area contributed by atoms with Gasteiger partial charge in [-0.25, -0.2) is 4.98 Å². The quantitative estimate of drug-likeness (QED) is 0.643. The molecule has 1 aromatic carbocycles. The van der Waals surface area contributed by atoms with Gasteiger partial charge in [0.2, 0.25) is 11.8 Å². The second-order valence-corrected chi connectivity index (χ2v) is 7.37. The van der Waals surface area contributed by atoms with Crippen molar-refractivity contribution in [1.82, 2.24) is 14.7 Å². The highest BCUT2D eigenvalue weighted by molar-refractivity contribution is 7.99. The van der Waals surface area contributed by atoms with E-state index < -0.39 is 0 Å². The molecule has 0 bridgehead atoms. The van der Waals surface area contributed by atoms with Crippen molar-refractivity contribution in [3.8, 4) is 0 Å². The minimum Gasteiger partial charge on any atom is -0.346 e. The molecule has 0 aliphatic rings. The lowest BCUT2D eigenvalue weighted by Crippen LogP contribution is -2.34. The first-order valence-corrected chi connectivity index (χ1v) is 9.62. The minimum absolute atomic E-state index is 0.0610. The summed E-state index contributed by atoms with van der Waals surface area (Å²) in [4.78, 5) is 28.5. The molecule has 3 aromatic rings. The van der Waals surface area contributed by atoms with Crippen LogP contribution < -0.4 is 10.6 Å². The van der Waals surface area contributed by atoms with Gasteiger partial charge in [0.15, 0.2) is 5.16 Å². The highest BCUT2D eigenvalue weighted by Crippen LogP contribution is 2.21. The lowest BCUT2D eigenvalue weighted by molar-refractivity contribution is -0.122. The Kier molecular flexibility index (Phi) is 5.81. The van der Waals surface area contributed by atoms with Crippen molar-refractivity contribution < 1.29 is 9.59 Å². The first kappa shape index (κ1) is 19.0. The summed E-state index contributed by atoms with van der Waals surface area (Å²) in [7, 11) is 0. The number of aromatic nitrogens is 2. The number of carbonyl (C=O) groups excluding carboxylic acids is 2. The summed E-state index contributed by atoms with van der Waals surface area (Å²) in [5.41, 5.74) is 4.95. The molecule has 2 aromatic heterocycles. The van der Waals surface area contributed by atoms with Gasteiger partial charge in [-0.15, -0.1) is 0 Å². The van der Waals surface area contributed by atoms with Crippen LogP contribution in [-0.4, -0.2) is 33.5 Å². The monoisotopic (exact) mass is 382 g/mol. The molecule has 0 aliphatic carbocycles. The lowest BCUT2D eigenvalue weighted by Gasteiger charge is -2.13. The van der Waals surface area contributed by atoms with Gasteiger partial charge in [-0.3, -0.25) is 14.0 Å². The minimum atomic E-state index is -0.241. The van der Waals surface area contributed by atoms with Crippen molar-refractivity contribution in [3.63, 3.8) is 0 Å². The second-order valence-electron chi connectivity index (χ2n) is 6.42. The van der Waals surface area contributed by atoms with Crippen molar-refractivity contribution >= 4 is 34.8 Å². The van der Waals surface area contributed by atoms with E-state index in [0.717, 1.165) is 33.1 Å². The molecule has 0 saturated carbocycles. The number of fused-ring (bicyclic) bond motifs is 1. The molecule has 0 aliphatic heterocycles. The van der Waals surface area contributed by atoms with Gasteiger partial charge >= 0.3 is 0 Å². The molecule has 2 amide bonds. The average Bonchev–Trinajstić information content (AvgIpc) is 3.04. The Morgan fingerprint density at radius 3 is 2.59 bits per heavy atom. The molecule has 7 heteroatoms. The fraction of sp³-hybridized carbons (Fsp3) is 0.250. The number of nitrogens with one attached hydrogen (secondary N) is 2. The highest BCUT2D eigenvalue weighted by atomic mass is 32.2. The fourth-order valence-electron chi connectivity index (χ4n) is 2.95. The number of nitrogens with zero attached hydrogens (tertiary/aromatic N) is 2. The summed E-state index contributed by atoms with van der Waals surface area (Å²) in [5, 5.41) is 6.28. The van der Waals surface area contributed by atoms with Crippen LogP contribution in [0.4, 0.5) is 5.69 Å². The molecule has 0 radical (unpaired) electrons. The van der Waals surface area contributed by atoms with Crippen molar-refractivity contribution in [2.75, 3.05) is 17.6 Å². The van der Waals surface area contributed by atoms with Gasteiger partial charge in [0.1, 0.15) is 0 Å². The van der Waals surface area contributed by atoms with E-state index in [1.807, 2.05) is 61.7 Å². The van der Waals surface area contributed by atoms with Gasteiger partial charge in [-0.05, 0) is 44.0 Å². The molecule has 6 nitrogen and oxygen atoms in total. The predicted octanol–water partition coefficient (Wildman–Crippen LogP) is 3.11. The van der Waals surface area contributed by atoms with Crippen LogP contribution in [0.2, 0.25) is 0 Å². The number of amides is 2. The number of hydrogen-bond donors (Lipinski definition) is 2. The zero-order valence-corrected chi connectivity index (χ0v) is 16.4. The van der Waals surface area contributed by atoms with Crippen LogP contribution in [-0.2, 0) is 9.59 Å². The van der Waals surface area contributed by atoms with Crippen molar-refractivity contribution in [2.24, 2.45) is 0 Å². The topological polar surface area (TPSA) is 75.5 Å². The van der Waals surface area contributed by atoms with E-state index in [-0.39, 0.29) is 24.1 Å². The summed E-state index contributed by atoms with van der Waals surface area (Å²) in [6.45, 7) is 5.88. The highest BCUT2D eigenvalue weighted by Gasteiger charge is 2.11. The largest absolute Gasteiger partial charge is 0.346 e. The fourth-order valence-corrected chi connectivity index (χ4v) is 3.74. The van der Waals surface area contributed by atoms with Crippen molar-refractivity contribution in [3.05, 3.63) is 59.4 Å². The molecular weight excluding hydrogens is 360 g/mol. The Labute approximate surface area is 162 Å². The molecule has 140 valence electrons. The molecule has 0 spiro atoms. The van der Waals surface area contributed by atoms with Crippen LogP contribution in [0.3, 0.4) is 0 Å². The van der Waals surface area contributed by atoms with Crippen molar-refractivity contribution in [1.29, 1.82) is 0 Å². The Morgan fingerprint density at radius 2 is 1.85 bits per heavy atom. The second kappa shape index (κ2) is 8.26. The summed E-state index contributed by atoms with van der Waals surface area (Å²) < 4.78 is 1.92. The summed E-state index contributed by atoms with van der Waals surface area (Å²) in [6.07, 6.45) is 3.67. The van der Waals surface area contributed by atoms with E-state index in [9.17, 15) is 9.59 Å². The molecule has 2 heterocycles. The molecule has 3 rings (SSSR count). The van der Waals surface area contributed by atoms with E-state index >= 15 is 0 Å². The van der Waals surface area contributed by atoms with E-state index in [0.29, 0.717) is 0 Å². The number of benzene rings is 1. The molecule has 0 unspecified atom stereocenters. The van der Waals surface area contributed by atoms with Crippen LogP contribution in [0.25, 0.3) is 5.52 Å². The Balaban J connectivity index is 1.50. The first-order valence-electron chi connectivity index (χ1n) is 8.63. The molecule has 0 saturated heterocycles. The maximum atomic E-state index is 12.2. The van der Waals surface area contributed by atoms with Crippen LogP contribution in [0.1, 0.15) is 16.7 Å². The normalized spacial score (nSPS) is 10.8. The number of rotatable bonds is 6. The summed E-state index contributed by atoms with van der Waals surface area (Å²) >= 11 is 1.33. The van der Waals surface area contributed by atoms with Crippen molar-refractivity contribution in [2.45, 2.75) is 25.9 Å². The number of anilines is 1. The lowest BCUT2D eigenvalue weighted by atomic mass is 10.1. The molecule has 0 atom stereocenters. The van der Waals surface area contributed by atoms with Crippen LogP contribution in [0.15, 0.2) is 47.9 Å². The van der Waals surface area contributed by atoms with Crippen LogP contribution >= 0.6 is 11.8 Å². The third-order valence-corrected chi connectivity index (χ3v) is 5.09. The standard InChI is InChI=1S/C20H22N4O2S/c1-13-8-14(2)19(15(3)9-13)23-17(25)11-21-18(26)12-27-20-22-10-16-6-4-5-7-24(16)20/h4-10H,11-12H2,1-3H3,(H,21,26)(H,23,25). The summed E-state index contributed by atoms with van der Waals surface area (Å²) in [6, 6.07) is 9.85. The number of thioether (sulfide) groups is 1. The summed E-state index contributed by atoms with van der Waals surface area (Å²) in [5.74, 6) is -0.251. The maximum Gasteiger partial charge on any atom is 0.243 e. The van der Waals surface area contributed by atoms with E-state index in [1.165, 1.54) is 11.8 Å². The first-order chi connectivity index (χ1) is 12.9. The van der Waals surface area contributed by atoms with Gasteiger partial charge in [-0.1, -0.05) is 35.5 Å². The van der Waals surface area contributed by atoms with Gasteiger partial charge in [0.05, 0.1) is 24.0 Å². The zero-order chi connectivity index (χ0) is 19.4. The molecular formula is C20H22N4O2S. The molecule has 2 N–H and O–H groups in total. The van der Waals surface area contributed by atoms with E-state index in [2.05, 4.69) is 15.6 Å². The number of imidazole rings is 1. The SMILES string of the molecule is Cc1cc(C)c(NC(=O)CNC(=O)CSc2ncc3ccccn23)c(C)c1. The third-order valence-electron chi connectivity index (χ3n) is 4.12. The maximum absolute atomic E-state index is 12.2. The number of aryl methyl sites for hydroxylation is 3. The van der Waals surface area contributed by atoms with E-state index in [1.54, 1.807) is 6.20 Å². The smallest absolute Gasteiger partial charge is 0.243 e. The molecule has 27 heavy (non-hydrogen) atoms.